The summed E-state index contributed by atoms with van der Waals surface area (Å²) in [7, 11) is 0. The van der Waals surface area contributed by atoms with Crippen molar-refractivity contribution in [3.63, 3.8) is 0 Å². The maximum atomic E-state index is 12.0. The summed E-state index contributed by atoms with van der Waals surface area (Å²) < 4.78 is 12.2. The average Bonchev–Trinajstić information content (AvgIpc) is 2.90. The van der Waals surface area contributed by atoms with Crippen LogP contribution in [0.2, 0.25) is 0 Å². The van der Waals surface area contributed by atoms with E-state index in [1.807, 2.05) is 30.3 Å². The lowest BCUT2D eigenvalue weighted by atomic mass is 10.2. The van der Waals surface area contributed by atoms with Crippen LogP contribution in [0.15, 0.2) is 51.9 Å². The fourth-order valence-electron chi connectivity index (χ4n) is 2.48. The molecule has 3 rings (SSSR count). The molecule has 1 heterocycles. The number of fused-ring (bicyclic) bond motifs is 1. The average molecular weight is 433 g/mol. The van der Waals surface area contributed by atoms with Crippen LogP contribution in [0.4, 0.5) is 5.69 Å². The van der Waals surface area contributed by atoms with Crippen molar-refractivity contribution in [1.29, 1.82) is 0 Å². The van der Waals surface area contributed by atoms with Crippen LogP contribution in [-0.2, 0) is 0 Å². The summed E-state index contributed by atoms with van der Waals surface area (Å²) in [5.41, 5.74) is 7.27. The van der Waals surface area contributed by atoms with Crippen molar-refractivity contribution in [2.45, 2.75) is 6.42 Å². The third-order valence-corrected chi connectivity index (χ3v) is 4.33. The van der Waals surface area contributed by atoms with Gasteiger partial charge in [0.15, 0.2) is 17.5 Å². The number of ether oxygens (including phenoxy) is 2. The molecule has 0 fully saturated rings. The Morgan fingerprint density at radius 2 is 1.85 bits per heavy atom. The lowest BCUT2D eigenvalue weighted by Crippen LogP contribution is -2.28. The molecule has 0 spiro atoms. The Morgan fingerprint density at radius 1 is 1.11 bits per heavy atom. The van der Waals surface area contributed by atoms with Gasteiger partial charge in [-0.25, -0.2) is 0 Å². The van der Waals surface area contributed by atoms with Gasteiger partial charge < -0.3 is 25.8 Å². The zero-order chi connectivity index (χ0) is 19.1. The van der Waals surface area contributed by atoms with Gasteiger partial charge in [0.2, 0.25) is 0 Å². The molecule has 4 N–H and O–H groups in total. The number of halogens is 1. The molecular formula is C19H21BrN4O3. The number of carbonyl (C=O) groups is 1. The molecule has 0 aliphatic carbocycles. The number of nitrogens with one attached hydrogen (secondary N) is 2. The van der Waals surface area contributed by atoms with Crippen molar-refractivity contribution in [3.8, 4) is 11.5 Å². The summed E-state index contributed by atoms with van der Waals surface area (Å²) in [6, 6.07) is 12.7. The molecule has 0 unspecified atom stereocenters. The van der Waals surface area contributed by atoms with E-state index in [2.05, 4.69) is 31.6 Å². The van der Waals surface area contributed by atoms with Gasteiger partial charge in [0.25, 0.3) is 5.91 Å². The number of anilines is 1. The SMILES string of the molecule is NC(=NCCNC(=O)c1ccc(Br)cc1)Nc1ccc2c(c1)OCCCO2. The second kappa shape index (κ2) is 9.27. The topological polar surface area (TPSA) is 98.0 Å². The molecule has 8 heteroatoms. The van der Waals surface area contributed by atoms with E-state index in [0.717, 1.165) is 22.3 Å². The maximum Gasteiger partial charge on any atom is 0.251 e. The van der Waals surface area contributed by atoms with Crippen LogP contribution < -0.4 is 25.8 Å². The molecule has 0 aromatic heterocycles. The molecule has 7 nitrogen and oxygen atoms in total. The number of rotatable bonds is 5. The monoisotopic (exact) mass is 432 g/mol. The molecule has 2 aromatic carbocycles. The van der Waals surface area contributed by atoms with Gasteiger partial charge in [-0.1, -0.05) is 15.9 Å². The Balaban J connectivity index is 1.47. The Bertz CT molecular complexity index is 824. The number of guanidine groups is 1. The molecule has 0 saturated carbocycles. The molecule has 0 atom stereocenters. The third kappa shape index (κ3) is 5.62. The molecule has 1 amide bonds. The molecular weight excluding hydrogens is 412 g/mol. The number of amides is 1. The van der Waals surface area contributed by atoms with E-state index < -0.39 is 0 Å². The summed E-state index contributed by atoms with van der Waals surface area (Å²) in [4.78, 5) is 16.2. The molecule has 0 radical (unpaired) electrons. The Labute approximate surface area is 166 Å². The highest BCUT2D eigenvalue weighted by atomic mass is 79.9. The number of carbonyl (C=O) groups excluding carboxylic acids is 1. The summed E-state index contributed by atoms with van der Waals surface area (Å²) in [5.74, 6) is 1.53. The number of benzene rings is 2. The fraction of sp³-hybridized carbons (Fsp3) is 0.263. The number of hydrogen-bond acceptors (Lipinski definition) is 4. The molecule has 1 aliphatic rings. The Hall–Kier alpha value is -2.74. The van der Waals surface area contributed by atoms with Crippen LogP contribution in [0.25, 0.3) is 0 Å². The van der Waals surface area contributed by atoms with E-state index in [-0.39, 0.29) is 11.9 Å². The summed E-state index contributed by atoms with van der Waals surface area (Å²) in [6.07, 6.45) is 0.854. The first-order valence-electron chi connectivity index (χ1n) is 8.62. The Kier molecular flexibility index (Phi) is 6.54. The summed E-state index contributed by atoms with van der Waals surface area (Å²) in [6.45, 7) is 2.03. The van der Waals surface area contributed by atoms with E-state index >= 15 is 0 Å². The minimum Gasteiger partial charge on any atom is -0.490 e. The van der Waals surface area contributed by atoms with E-state index in [9.17, 15) is 4.79 Å². The van der Waals surface area contributed by atoms with Gasteiger partial charge in [0.05, 0.1) is 19.8 Å². The van der Waals surface area contributed by atoms with Crippen molar-refractivity contribution >= 4 is 33.5 Å². The lowest BCUT2D eigenvalue weighted by molar-refractivity contribution is 0.0955. The van der Waals surface area contributed by atoms with Gasteiger partial charge in [-0.15, -0.1) is 0 Å². The van der Waals surface area contributed by atoms with E-state index in [1.165, 1.54) is 0 Å². The molecule has 2 aromatic rings. The first kappa shape index (κ1) is 19.0. The quantitative estimate of drug-likeness (QED) is 0.383. The highest BCUT2D eigenvalue weighted by Gasteiger charge is 2.11. The predicted octanol–water partition coefficient (Wildman–Crippen LogP) is 2.77. The predicted molar refractivity (Wildman–Crippen MR) is 109 cm³/mol. The summed E-state index contributed by atoms with van der Waals surface area (Å²) in [5, 5.41) is 5.82. The third-order valence-electron chi connectivity index (χ3n) is 3.81. The van der Waals surface area contributed by atoms with Crippen molar-refractivity contribution < 1.29 is 14.3 Å². The van der Waals surface area contributed by atoms with Gasteiger partial charge in [-0.2, -0.15) is 0 Å². The highest BCUT2D eigenvalue weighted by molar-refractivity contribution is 9.10. The zero-order valence-corrected chi connectivity index (χ0v) is 16.3. The van der Waals surface area contributed by atoms with Crippen LogP contribution in [0.1, 0.15) is 16.8 Å². The second-order valence-corrected chi connectivity index (χ2v) is 6.78. The van der Waals surface area contributed by atoms with Crippen molar-refractivity contribution in [2.75, 3.05) is 31.6 Å². The largest absolute Gasteiger partial charge is 0.490 e. The minimum absolute atomic E-state index is 0.146. The van der Waals surface area contributed by atoms with Crippen LogP contribution in [0.5, 0.6) is 11.5 Å². The normalized spacial score (nSPS) is 13.6. The number of nitrogens with zero attached hydrogens (tertiary/aromatic N) is 1. The minimum atomic E-state index is -0.146. The van der Waals surface area contributed by atoms with Crippen LogP contribution in [0, 0.1) is 0 Å². The maximum absolute atomic E-state index is 12.0. The smallest absolute Gasteiger partial charge is 0.251 e. The lowest BCUT2D eigenvalue weighted by Gasteiger charge is -2.11. The van der Waals surface area contributed by atoms with Gasteiger partial charge in [-0.3, -0.25) is 9.79 Å². The van der Waals surface area contributed by atoms with E-state index in [4.69, 9.17) is 15.2 Å². The van der Waals surface area contributed by atoms with Crippen molar-refractivity contribution in [3.05, 3.63) is 52.5 Å². The van der Waals surface area contributed by atoms with Crippen LogP contribution >= 0.6 is 15.9 Å². The van der Waals surface area contributed by atoms with Gasteiger partial charge in [0.1, 0.15) is 0 Å². The zero-order valence-electron chi connectivity index (χ0n) is 14.7. The first-order chi connectivity index (χ1) is 13.1. The molecule has 27 heavy (non-hydrogen) atoms. The first-order valence-corrected chi connectivity index (χ1v) is 9.41. The standard InChI is InChI=1S/C19H21BrN4O3/c20-14-4-2-13(3-5-14)18(25)22-8-9-23-19(21)24-15-6-7-16-17(12-15)27-11-1-10-26-16/h2-7,12H,1,8-11H2,(H,22,25)(H3,21,23,24). The van der Waals surface area contributed by atoms with Gasteiger partial charge in [-0.05, 0) is 36.4 Å². The van der Waals surface area contributed by atoms with E-state index in [1.54, 1.807) is 12.1 Å². The van der Waals surface area contributed by atoms with Crippen molar-refractivity contribution in [2.24, 2.45) is 10.7 Å². The second-order valence-electron chi connectivity index (χ2n) is 5.87. The molecule has 0 bridgehead atoms. The summed E-state index contributed by atoms with van der Waals surface area (Å²) >= 11 is 3.34. The number of aliphatic imine (C=N–C) groups is 1. The molecule has 1 aliphatic heterocycles. The number of hydrogen-bond donors (Lipinski definition) is 3. The van der Waals surface area contributed by atoms with Crippen LogP contribution in [-0.4, -0.2) is 38.2 Å². The van der Waals surface area contributed by atoms with Crippen LogP contribution in [0.3, 0.4) is 0 Å². The molecule has 142 valence electrons. The van der Waals surface area contributed by atoms with E-state index in [0.29, 0.717) is 37.6 Å². The highest BCUT2D eigenvalue weighted by Crippen LogP contribution is 2.32. The fourth-order valence-corrected chi connectivity index (χ4v) is 2.74. The molecule has 0 saturated heterocycles. The van der Waals surface area contributed by atoms with Crippen molar-refractivity contribution in [1.82, 2.24) is 5.32 Å². The Morgan fingerprint density at radius 3 is 2.63 bits per heavy atom. The van der Waals surface area contributed by atoms with Gasteiger partial charge in [0, 0.05) is 34.8 Å². The van der Waals surface area contributed by atoms with Gasteiger partial charge >= 0.3 is 0 Å². The number of nitrogens with two attached hydrogens (primary N) is 1.